The molecule has 0 saturated carbocycles. The average molecular weight is 475 g/mol. The molecular weight excluding hydrogens is 444 g/mol. The number of nitrogens with one attached hydrogen (secondary N) is 2. The van der Waals surface area contributed by atoms with Gasteiger partial charge in [-0.25, -0.2) is 4.79 Å². The number of hydrogen-bond acceptors (Lipinski definition) is 5. The molecule has 0 bridgehead atoms. The highest BCUT2D eigenvalue weighted by Crippen LogP contribution is 2.40. The van der Waals surface area contributed by atoms with E-state index in [4.69, 9.17) is 9.47 Å². The zero-order valence-corrected chi connectivity index (χ0v) is 20.0. The summed E-state index contributed by atoms with van der Waals surface area (Å²) in [5.41, 5.74) is 4.11. The Hall–Kier alpha value is -4.07. The number of benzene rings is 2. The second-order valence-electron chi connectivity index (χ2n) is 8.28. The van der Waals surface area contributed by atoms with E-state index < -0.39 is 0 Å². The Bertz CT molecular complexity index is 1150. The van der Waals surface area contributed by atoms with Gasteiger partial charge in [0.1, 0.15) is 0 Å². The van der Waals surface area contributed by atoms with Gasteiger partial charge in [0, 0.05) is 38.4 Å². The number of fused-ring (bicyclic) bond motifs is 1. The third kappa shape index (κ3) is 5.71. The van der Waals surface area contributed by atoms with E-state index in [2.05, 4.69) is 15.6 Å². The van der Waals surface area contributed by atoms with Crippen LogP contribution in [0.2, 0.25) is 0 Å². The number of ether oxygens (including phenoxy) is 2. The molecule has 2 aromatic carbocycles. The number of amides is 3. The normalized spacial score (nSPS) is 14.6. The SMILES string of the molecule is COc1cc2c(cc1OC)C(c1ccccc1)N(C(=O)NCCC(=O)NCc1ccncc1)CC2. The first-order valence-electron chi connectivity index (χ1n) is 11.6. The van der Waals surface area contributed by atoms with E-state index in [9.17, 15) is 9.59 Å². The van der Waals surface area contributed by atoms with Gasteiger partial charge in [-0.2, -0.15) is 0 Å². The number of carbonyl (C=O) groups excluding carboxylic acids is 2. The monoisotopic (exact) mass is 474 g/mol. The Balaban J connectivity index is 1.45. The molecule has 1 aliphatic rings. The van der Waals surface area contributed by atoms with E-state index in [1.54, 1.807) is 26.6 Å². The van der Waals surface area contributed by atoms with Crippen LogP contribution >= 0.6 is 0 Å². The topological polar surface area (TPSA) is 92.8 Å². The fraction of sp³-hybridized carbons (Fsp3) is 0.296. The van der Waals surface area contributed by atoms with Gasteiger partial charge in [-0.05, 0) is 52.9 Å². The number of pyridine rings is 1. The Morgan fingerprint density at radius 3 is 2.43 bits per heavy atom. The summed E-state index contributed by atoms with van der Waals surface area (Å²) in [6.45, 7) is 1.22. The summed E-state index contributed by atoms with van der Waals surface area (Å²) in [6, 6.07) is 17.1. The number of aromatic nitrogens is 1. The van der Waals surface area contributed by atoms with E-state index in [1.807, 2.05) is 59.5 Å². The highest BCUT2D eigenvalue weighted by molar-refractivity contribution is 5.79. The Morgan fingerprint density at radius 2 is 1.71 bits per heavy atom. The summed E-state index contributed by atoms with van der Waals surface area (Å²) in [6.07, 6.45) is 4.27. The van der Waals surface area contributed by atoms with Gasteiger partial charge >= 0.3 is 6.03 Å². The van der Waals surface area contributed by atoms with Crippen molar-refractivity contribution in [1.29, 1.82) is 0 Å². The minimum absolute atomic E-state index is 0.123. The van der Waals surface area contributed by atoms with Crippen molar-refractivity contribution in [2.75, 3.05) is 27.3 Å². The van der Waals surface area contributed by atoms with Crippen LogP contribution in [0.25, 0.3) is 0 Å². The summed E-state index contributed by atoms with van der Waals surface area (Å²) >= 11 is 0. The molecule has 1 unspecified atom stereocenters. The first kappa shape index (κ1) is 24.1. The van der Waals surface area contributed by atoms with Crippen LogP contribution in [-0.4, -0.2) is 49.1 Å². The number of nitrogens with zero attached hydrogens (tertiary/aromatic N) is 2. The van der Waals surface area contributed by atoms with Crippen LogP contribution in [0, 0.1) is 0 Å². The van der Waals surface area contributed by atoms with Crippen molar-refractivity contribution < 1.29 is 19.1 Å². The summed E-state index contributed by atoms with van der Waals surface area (Å²) in [5.74, 6) is 1.18. The lowest BCUT2D eigenvalue weighted by molar-refractivity contribution is -0.121. The maximum absolute atomic E-state index is 13.3. The minimum atomic E-state index is -0.278. The Morgan fingerprint density at radius 1 is 1.00 bits per heavy atom. The van der Waals surface area contributed by atoms with Crippen LogP contribution in [0.3, 0.4) is 0 Å². The molecule has 1 atom stereocenters. The molecule has 182 valence electrons. The van der Waals surface area contributed by atoms with Crippen molar-refractivity contribution in [3.63, 3.8) is 0 Å². The molecule has 35 heavy (non-hydrogen) atoms. The maximum Gasteiger partial charge on any atom is 0.318 e. The lowest BCUT2D eigenvalue weighted by Crippen LogP contribution is -2.46. The number of hydrogen-bond donors (Lipinski definition) is 2. The second kappa shape index (κ2) is 11.4. The molecule has 0 spiro atoms. The molecule has 3 amide bonds. The van der Waals surface area contributed by atoms with Gasteiger partial charge in [-0.1, -0.05) is 30.3 Å². The summed E-state index contributed by atoms with van der Waals surface area (Å²) < 4.78 is 11.0. The average Bonchev–Trinajstić information content (AvgIpc) is 2.91. The van der Waals surface area contributed by atoms with Crippen molar-refractivity contribution in [2.24, 2.45) is 0 Å². The number of methoxy groups -OCH3 is 2. The molecule has 2 heterocycles. The number of rotatable bonds is 8. The third-order valence-corrected chi connectivity index (χ3v) is 6.12. The smallest absolute Gasteiger partial charge is 0.318 e. The second-order valence-corrected chi connectivity index (χ2v) is 8.28. The minimum Gasteiger partial charge on any atom is -0.493 e. The van der Waals surface area contributed by atoms with Crippen LogP contribution in [0.15, 0.2) is 67.0 Å². The molecule has 0 fully saturated rings. The van der Waals surface area contributed by atoms with Crippen LogP contribution in [-0.2, 0) is 17.8 Å². The van der Waals surface area contributed by atoms with Gasteiger partial charge in [-0.3, -0.25) is 9.78 Å². The number of urea groups is 1. The molecule has 0 radical (unpaired) electrons. The van der Waals surface area contributed by atoms with Gasteiger partial charge < -0.3 is 25.0 Å². The predicted octanol–water partition coefficient (Wildman–Crippen LogP) is 3.46. The molecule has 1 aromatic heterocycles. The quantitative estimate of drug-likeness (QED) is 0.522. The first-order chi connectivity index (χ1) is 17.1. The maximum atomic E-state index is 13.3. The molecular formula is C27H30N4O4. The molecule has 8 nitrogen and oxygen atoms in total. The summed E-state index contributed by atoms with van der Waals surface area (Å²) in [7, 11) is 3.23. The van der Waals surface area contributed by atoms with Crippen LogP contribution in [0.4, 0.5) is 4.79 Å². The molecule has 0 saturated heterocycles. The molecule has 8 heteroatoms. The fourth-order valence-corrected chi connectivity index (χ4v) is 4.33. The Kier molecular flexibility index (Phi) is 7.82. The van der Waals surface area contributed by atoms with E-state index in [0.717, 1.165) is 22.3 Å². The van der Waals surface area contributed by atoms with Crippen molar-refractivity contribution in [3.05, 3.63) is 89.2 Å². The Labute approximate surface area is 205 Å². The predicted molar refractivity (Wildman–Crippen MR) is 132 cm³/mol. The first-order valence-corrected chi connectivity index (χ1v) is 11.6. The third-order valence-electron chi connectivity index (χ3n) is 6.12. The molecule has 0 aliphatic carbocycles. The van der Waals surface area contributed by atoms with E-state index >= 15 is 0 Å². The van der Waals surface area contributed by atoms with E-state index in [0.29, 0.717) is 31.0 Å². The van der Waals surface area contributed by atoms with E-state index in [-0.39, 0.29) is 30.9 Å². The molecule has 4 rings (SSSR count). The molecule has 3 aromatic rings. The fourth-order valence-electron chi connectivity index (χ4n) is 4.33. The lowest BCUT2D eigenvalue weighted by atomic mass is 9.88. The standard InChI is InChI=1S/C27H30N4O4/c1-34-23-16-21-11-15-31(26(20-6-4-3-5-7-20)22(21)17-24(23)35-2)27(33)29-14-10-25(32)30-18-19-8-12-28-13-9-19/h3-9,12-13,16-17,26H,10-11,14-15,18H2,1-2H3,(H,29,33)(H,30,32). The lowest BCUT2D eigenvalue weighted by Gasteiger charge is -2.38. The molecule has 1 aliphatic heterocycles. The number of carbonyl (C=O) groups is 2. The summed E-state index contributed by atoms with van der Waals surface area (Å²) in [5, 5.41) is 5.79. The molecule has 2 N–H and O–H groups in total. The van der Waals surface area contributed by atoms with Gasteiger partial charge in [0.25, 0.3) is 0 Å². The van der Waals surface area contributed by atoms with Gasteiger partial charge in [0.2, 0.25) is 5.91 Å². The van der Waals surface area contributed by atoms with Crippen LogP contribution in [0.5, 0.6) is 11.5 Å². The summed E-state index contributed by atoms with van der Waals surface area (Å²) in [4.78, 5) is 31.3. The zero-order valence-electron chi connectivity index (χ0n) is 20.0. The van der Waals surface area contributed by atoms with Crippen LogP contribution in [0.1, 0.15) is 34.7 Å². The van der Waals surface area contributed by atoms with E-state index in [1.165, 1.54) is 0 Å². The van der Waals surface area contributed by atoms with Gasteiger partial charge in [0.15, 0.2) is 11.5 Å². The van der Waals surface area contributed by atoms with Gasteiger partial charge in [-0.15, -0.1) is 0 Å². The van der Waals surface area contributed by atoms with Gasteiger partial charge in [0.05, 0.1) is 20.3 Å². The van der Waals surface area contributed by atoms with Crippen LogP contribution < -0.4 is 20.1 Å². The van der Waals surface area contributed by atoms with Crippen molar-refractivity contribution >= 4 is 11.9 Å². The van der Waals surface area contributed by atoms with Crippen molar-refractivity contribution in [2.45, 2.75) is 25.4 Å². The largest absolute Gasteiger partial charge is 0.493 e. The van der Waals surface area contributed by atoms with Crippen molar-refractivity contribution in [1.82, 2.24) is 20.5 Å². The highest BCUT2D eigenvalue weighted by Gasteiger charge is 2.33. The highest BCUT2D eigenvalue weighted by atomic mass is 16.5. The zero-order chi connectivity index (χ0) is 24.6. The van der Waals surface area contributed by atoms with Crippen molar-refractivity contribution in [3.8, 4) is 11.5 Å².